The fourth-order valence-electron chi connectivity index (χ4n) is 2.53. The molecule has 0 N–H and O–H groups in total. The SMILES string of the molecule is FC(F)(F)CCC1c2ccccc2-c2cncn21. The van der Waals surface area contributed by atoms with Gasteiger partial charge in [0, 0.05) is 12.0 Å². The second-order valence-electron chi connectivity index (χ2n) is 4.44. The van der Waals surface area contributed by atoms with Crippen molar-refractivity contribution >= 4 is 0 Å². The Morgan fingerprint density at radius 1 is 1.22 bits per heavy atom. The van der Waals surface area contributed by atoms with Crippen molar-refractivity contribution in [2.75, 3.05) is 0 Å². The van der Waals surface area contributed by atoms with Gasteiger partial charge in [0.15, 0.2) is 0 Å². The van der Waals surface area contributed by atoms with Crippen molar-refractivity contribution in [3.05, 3.63) is 42.4 Å². The van der Waals surface area contributed by atoms with Gasteiger partial charge in [0.2, 0.25) is 0 Å². The maximum absolute atomic E-state index is 12.4. The number of alkyl halides is 3. The van der Waals surface area contributed by atoms with E-state index in [-0.39, 0.29) is 12.5 Å². The van der Waals surface area contributed by atoms with Crippen molar-refractivity contribution in [1.29, 1.82) is 0 Å². The zero-order valence-corrected chi connectivity index (χ0v) is 9.48. The summed E-state index contributed by atoms with van der Waals surface area (Å²) in [5.41, 5.74) is 2.85. The number of aromatic nitrogens is 2. The summed E-state index contributed by atoms with van der Waals surface area (Å²) in [6, 6.07) is 7.32. The molecule has 0 fully saturated rings. The molecule has 1 aliphatic rings. The number of halogens is 3. The van der Waals surface area contributed by atoms with Gasteiger partial charge in [-0.1, -0.05) is 24.3 Å². The first-order chi connectivity index (χ1) is 8.56. The van der Waals surface area contributed by atoms with Crippen LogP contribution in [0.2, 0.25) is 0 Å². The molecule has 1 aliphatic heterocycles. The highest BCUT2D eigenvalue weighted by atomic mass is 19.4. The van der Waals surface area contributed by atoms with Gasteiger partial charge in [-0.25, -0.2) is 4.98 Å². The molecule has 2 aromatic rings. The largest absolute Gasteiger partial charge is 0.389 e. The van der Waals surface area contributed by atoms with Gasteiger partial charge in [-0.3, -0.25) is 0 Å². The van der Waals surface area contributed by atoms with Crippen LogP contribution < -0.4 is 0 Å². The zero-order chi connectivity index (χ0) is 12.8. The van der Waals surface area contributed by atoms with Gasteiger partial charge in [0.1, 0.15) is 0 Å². The Morgan fingerprint density at radius 3 is 2.78 bits per heavy atom. The van der Waals surface area contributed by atoms with Crippen LogP contribution in [0.1, 0.15) is 24.4 Å². The molecule has 0 saturated heterocycles. The number of imidazole rings is 1. The van der Waals surface area contributed by atoms with Gasteiger partial charge < -0.3 is 4.57 Å². The van der Waals surface area contributed by atoms with E-state index in [1.165, 1.54) is 0 Å². The van der Waals surface area contributed by atoms with Crippen molar-refractivity contribution in [3.63, 3.8) is 0 Å². The first-order valence-electron chi connectivity index (χ1n) is 5.74. The lowest BCUT2D eigenvalue weighted by atomic mass is 10.00. The molecule has 0 bridgehead atoms. The zero-order valence-electron chi connectivity index (χ0n) is 9.48. The Morgan fingerprint density at radius 2 is 2.00 bits per heavy atom. The summed E-state index contributed by atoms with van der Waals surface area (Å²) in [6.45, 7) is 0. The summed E-state index contributed by atoms with van der Waals surface area (Å²) in [5, 5.41) is 0. The maximum atomic E-state index is 12.4. The highest BCUT2D eigenvalue weighted by Crippen LogP contribution is 2.42. The molecule has 0 saturated carbocycles. The monoisotopic (exact) mass is 252 g/mol. The van der Waals surface area contributed by atoms with Crippen molar-refractivity contribution in [2.45, 2.75) is 25.1 Å². The van der Waals surface area contributed by atoms with Crippen LogP contribution in [-0.2, 0) is 0 Å². The maximum Gasteiger partial charge on any atom is 0.389 e. The van der Waals surface area contributed by atoms with E-state index >= 15 is 0 Å². The van der Waals surface area contributed by atoms with Crippen LogP contribution in [0.5, 0.6) is 0 Å². The summed E-state index contributed by atoms with van der Waals surface area (Å²) in [7, 11) is 0. The molecular weight excluding hydrogens is 241 g/mol. The van der Waals surface area contributed by atoms with E-state index in [0.717, 1.165) is 16.8 Å². The van der Waals surface area contributed by atoms with Crippen molar-refractivity contribution in [3.8, 4) is 11.3 Å². The topological polar surface area (TPSA) is 17.8 Å². The number of nitrogens with zero attached hydrogens (tertiary/aromatic N) is 2. The van der Waals surface area contributed by atoms with E-state index in [1.807, 2.05) is 28.8 Å². The quantitative estimate of drug-likeness (QED) is 0.795. The summed E-state index contributed by atoms with van der Waals surface area (Å²) >= 11 is 0. The van der Waals surface area contributed by atoms with Gasteiger partial charge in [0.05, 0.1) is 24.3 Å². The van der Waals surface area contributed by atoms with Crippen LogP contribution in [-0.4, -0.2) is 15.7 Å². The van der Waals surface area contributed by atoms with Crippen LogP contribution in [0.25, 0.3) is 11.3 Å². The molecule has 3 rings (SSSR count). The number of rotatable bonds is 2. The molecule has 0 amide bonds. The van der Waals surface area contributed by atoms with Gasteiger partial charge >= 0.3 is 6.18 Å². The van der Waals surface area contributed by atoms with Gasteiger partial charge in [-0.05, 0) is 12.0 Å². The van der Waals surface area contributed by atoms with Crippen LogP contribution in [0.3, 0.4) is 0 Å². The highest BCUT2D eigenvalue weighted by molar-refractivity contribution is 5.68. The Bertz CT molecular complexity index is 572. The molecule has 5 heteroatoms. The van der Waals surface area contributed by atoms with Crippen molar-refractivity contribution in [1.82, 2.24) is 9.55 Å². The number of hydrogen-bond donors (Lipinski definition) is 0. The lowest BCUT2D eigenvalue weighted by Crippen LogP contribution is -2.12. The summed E-state index contributed by atoms with van der Waals surface area (Å²) in [5.74, 6) is 0. The Hall–Kier alpha value is -1.78. The smallest absolute Gasteiger partial charge is 0.323 e. The average molecular weight is 252 g/mol. The van der Waals surface area contributed by atoms with E-state index in [2.05, 4.69) is 4.98 Å². The standard InChI is InChI=1S/C13H11F3N2/c14-13(15,16)6-5-11-9-3-1-2-4-10(9)12-7-17-8-18(11)12/h1-4,7-8,11H,5-6H2. The van der Waals surface area contributed by atoms with Crippen LogP contribution >= 0.6 is 0 Å². The molecule has 1 aromatic heterocycles. The molecule has 1 atom stereocenters. The fourth-order valence-corrected chi connectivity index (χ4v) is 2.53. The molecule has 1 unspecified atom stereocenters. The third kappa shape index (κ3) is 1.79. The van der Waals surface area contributed by atoms with Crippen molar-refractivity contribution < 1.29 is 13.2 Å². The first kappa shape index (κ1) is 11.3. The molecule has 2 heterocycles. The predicted octanol–water partition coefficient (Wildman–Crippen LogP) is 3.80. The van der Waals surface area contributed by atoms with Gasteiger partial charge in [-0.15, -0.1) is 0 Å². The normalized spacial score (nSPS) is 17.6. The Labute approximate surface area is 102 Å². The van der Waals surface area contributed by atoms with Crippen LogP contribution in [0.15, 0.2) is 36.8 Å². The van der Waals surface area contributed by atoms with Gasteiger partial charge in [-0.2, -0.15) is 13.2 Å². The molecule has 0 radical (unpaired) electrons. The third-order valence-corrected chi connectivity index (χ3v) is 3.30. The number of fused-ring (bicyclic) bond motifs is 3. The molecule has 18 heavy (non-hydrogen) atoms. The van der Waals surface area contributed by atoms with E-state index in [9.17, 15) is 13.2 Å². The van der Waals surface area contributed by atoms with Crippen molar-refractivity contribution in [2.24, 2.45) is 0 Å². The molecule has 0 aliphatic carbocycles. The average Bonchev–Trinajstić information content (AvgIpc) is 2.86. The van der Waals surface area contributed by atoms with E-state index in [0.29, 0.717) is 0 Å². The first-order valence-corrected chi connectivity index (χ1v) is 5.74. The summed E-state index contributed by atoms with van der Waals surface area (Å²) in [6.07, 6.45) is -1.52. The molecular formula is C13H11F3N2. The van der Waals surface area contributed by atoms with Crippen LogP contribution in [0, 0.1) is 0 Å². The number of hydrogen-bond acceptors (Lipinski definition) is 1. The van der Waals surface area contributed by atoms with E-state index in [4.69, 9.17) is 0 Å². The summed E-state index contributed by atoms with van der Waals surface area (Å²) in [4.78, 5) is 4.02. The molecule has 1 aromatic carbocycles. The third-order valence-electron chi connectivity index (χ3n) is 3.30. The molecule has 0 spiro atoms. The summed E-state index contributed by atoms with van der Waals surface area (Å²) < 4.78 is 38.9. The minimum absolute atomic E-state index is 0.0594. The van der Waals surface area contributed by atoms with Crippen LogP contribution in [0.4, 0.5) is 13.2 Å². The Balaban J connectivity index is 1.96. The van der Waals surface area contributed by atoms with Gasteiger partial charge in [0.25, 0.3) is 0 Å². The van der Waals surface area contributed by atoms with E-state index < -0.39 is 12.6 Å². The second-order valence-corrected chi connectivity index (χ2v) is 4.44. The van der Waals surface area contributed by atoms with E-state index in [1.54, 1.807) is 12.5 Å². The second kappa shape index (κ2) is 3.86. The fraction of sp³-hybridized carbons (Fsp3) is 0.308. The minimum Gasteiger partial charge on any atom is -0.323 e. The molecule has 2 nitrogen and oxygen atoms in total. The minimum atomic E-state index is -4.11. The number of benzene rings is 1. The predicted molar refractivity (Wildman–Crippen MR) is 61.1 cm³/mol. The highest BCUT2D eigenvalue weighted by Gasteiger charge is 2.33. The lowest BCUT2D eigenvalue weighted by molar-refractivity contribution is -0.136. The Kier molecular flexibility index (Phi) is 2.43. The lowest BCUT2D eigenvalue weighted by Gasteiger charge is -2.15. The molecule has 94 valence electrons.